The third kappa shape index (κ3) is 12.7. The van der Waals surface area contributed by atoms with Crippen molar-refractivity contribution in [2.75, 3.05) is 69.5 Å². The van der Waals surface area contributed by atoms with Gasteiger partial charge in [0.25, 0.3) is 5.56 Å². The summed E-state index contributed by atoms with van der Waals surface area (Å²) < 4.78 is 14.4. The maximum Gasteiger partial charge on any atom is 0.278 e. The van der Waals surface area contributed by atoms with E-state index in [-0.39, 0.29) is 50.9 Å². The highest BCUT2D eigenvalue weighted by Gasteiger charge is 2.44. The van der Waals surface area contributed by atoms with Crippen LogP contribution in [0.3, 0.4) is 0 Å². The Hall–Kier alpha value is -6.88. The Morgan fingerprint density at radius 2 is 1.70 bits per heavy atom. The van der Waals surface area contributed by atoms with Crippen molar-refractivity contribution >= 4 is 57.4 Å². The van der Waals surface area contributed by atoms with Crippen LogP contribution in [0.4, 0.5) is 17.3 Å². The molecular weight excluding hydrogens is 965 g/mol. The molecule has 8 rings (SSSR count). The second-order valence-corrected chi connectivity index (χ2v) is 21.0. The topological polar surface area (TPSA) is 234 Å². The third-order valence-electron chi connectivity index (χ3n) is 13.1. The van der Waals surface area contributed by atoms with Crippen LogP contribution in [0.15, 0.2) is 95.9 Å². The van der Waals surface area contributed by atoms with Crippen LogP contribution in [0.25, 0.3) is 27.3 Å². The average molecular weight is 1030 g/mol. The lowest BCUT2D eigenvalue weighted by molar-refractivity contribution is -0.145. The summed E-state index contributed by atoms with van der Waals surface area (Å²) in [4.78, 5) is 79.3. The molecule has 5 N–H and O–H groups in total. The molecular formula is C53H66N12O8S. The number of fused-ring (bicyclic) bond motifs is 1. The minimum Gasteiger partial charge on any atom is -0.391 e. The molecule has 0 spiro atoms. The van der Waals surface area contributed by atoms with Gasteiger partial charge in [0.15, 0.2) is 11.5 Å². The van der Waals surface area contributed by atoms with E-state index >= 15 is 0 Å². The average Bonchev–Trinajstić information content (AvgIpc) is 4.07. The van der Waals surface area contributed by atoms with Crippen LogP contribution in [0, 0.1) is 12.3 Å². The lowest BCUT2D eigenvalue weighted by Gasteiger charge is -2.36. The molecule has 2 unspecified atom stereocenters. The molecule has 2 aromatic carbocycles. The van der Waals surface area contributed by atoms with Crippen molar-refractivity contribution in [1.29, 1.82) is 0 Å². The van der Waals surface area contributed by atoms with Crippen LogP contribution in [0.1, 0.15) is 58.0 Å². The maximum atomic E-state index is 14.0. The minimum absolute atomic E-state index is 0.0230. The Kier molecular flexibility index (Phi) is 16.7. The molecule has 0 radical (unpaired) electrons. The second kappa shape index (κ2) is 23.1. The molecule has 2 fully saturated rings. The minimum atomic E-state index is -1.19. The predicted molar refractivity (Wildman–Crippen MR) is 283 cm³/mol. The third-order valence-corrected chi connectivity index (χ3v) is 14.1. The lowest BCUT2D eigenvalue weighted by Crippen LogP contribution is -2.58. The predicted octanol–water partition coefficient (Wildman–Crippen LogP) is 4.49. The fourth-order valence-electron chi connectivity index (χ4n) is 9.03. The monoisotopic (exact) mass is 1030 g/mol. The Balaban J connectivity index is 0.756. The number of nitrogens with one attached hydrogen (secondary N) is 3. The van der Waals surface area contributed by atoms with Crippen LogP contribution < -0.4 is 26.4 Å². The molecule has 0 aliphatic carbocycles. The number of aliphatic hydroxyl groups is 2. The summed E-state index contributed by atoms with van der Waals surface area (Å²) in [6, 6.07) is 19.2. The molecule has 0 saturated carbocycles. The number of carbonyl (C=O) groups excluding carboxylic acids is 3. The highest BCUT2D eigenvalue weighted by atomic mass is 32.1. The van der Waals surface area contributed by atoms with Gasteiger partial charge in [-0.1, -0.05) is 57.2 Å². The van der Waals surface area contributed by atoms with E-state index < -0.39 is 41.0 Å². The lowest BCUT2D eigenvalue weighted by atomic mass is 9.85. The molecule has 0 bridgehead atoms. The van der Waals surface area contributed by atoms with Gasteiger partial charge in [0, 0.05) is 69.8 Å². The standard InChI is InChI=1S/C53H66N12O8S/c1-8-20-64-49(69)40-29-55-51(60-47(40)65(64)43-11-9-10-42(58-43)53(6,7)71)57-37-16-18-38(19-17-37)62-23-21-61(22-24-62)25-26-72-33-73-31-44(67)59-46(52(3,4)5)50(70)63-30-39(66)27-41(63)48(68)54-28-35-12-14-36(15-13-35)45-34(2)56-32-74-45/h8-19,29,32,39,41,46,66,71H,1,20-28,30-31,33H2,2-7H3,(H,54,68)(H,59,67)(H,55,57,60)/t39?,41?,46-/m1/s1. The van der Waals surface area contributed by atoms with Gasteiger partial charge in [-0.15, -0.1) is 17.9 Å². The molecule has 74 heavy (non-hydrogen) atoms. The molecule has 2 aliphatic rings. The zero-order valence-electron chi connectivity index (χ0n) is 42.8. The van der Waals surface area contributed by atoms with Gasteiger partial charge in [0.2, 0.25) is 23.7 Å². The van der Waals surface area contributed by atoms with Gasteiger partial charge in [-0.25, -0.2) is 24.3 Å². The van der Waals surface area contributed by atoms with E-state index in [1.165, 1.54) is 15.8 Å². The quantitative estimate of drug-likeness (QED) is 0.0403. The Morgan fingerprint density at radius 1 is 0.959 bits per heavy atom. The summed E-state index contributed by atoms with van der Waals surface area (Å²) in [5, 5.41) is 30.6. The number of anilines is 3. The first-order valence-electron chi connectivity index (χ1n) is 24.7. The first-order valence-corrected chi connectivity index (χ1v) is 25.6. The number of aromatic nitrogens is 6. The molecule has 2 saturated heterocycles. The van der Waals surface area contributed by atoms with Crippen LogP contribution in [0.5, 0.6) is 0 Å². The molecule has 392 valence electrons. The number of piperazine rings is 1. The van der Waals surface area contributed by atoms with E-state index in [0.29, 0.717) is 41.6 Å². The van der Waals surface area contributed by atoms with Gasteiger partial charge in [-0.3, -0.25) is 24.1 Å². The van der Waals surface area contributed by atoms with E-state index in [1.807, 2.05) is 81.7 Å². The van der Waals surface area contributed by atoms with Crippen molar-refractivity contribution in [3.05, 3.63) is 118 Å². The van der Waals surface area contributed by atoms with E-state index in [0.717, 1.165) is 59.3 Å². The van der Waals surface area contributed by atoms with Gasteiger partial charge in [-0.2, -0.15) is 4.98 Å². The van der Waals surface area contributed by atoms with Gasteiger partial charge in [-0.05, 0) is 73.7 Å². The van der Waals surface area contributed by atoms with Crippen molar-refractivity contribution in [2.45, 2.75) is 84.8 Å². The molecule has 3 amide bonds. The number of aliphatic hydroxyl groups excluding tert-OH is 1. The highest BCUT2D eigenvalue weighted by molar-refractivity contribution is 7.13. The summed E-state index contributed by atoms with van der Waals surface area (Å²) in [5.41, 5.74) is 5.16. The summed E-state index contributed by atoms with van der Waals surface area (Å²) in [7, 11) is 0. The van der Waals surface area contributed by atoms with Crippen molar-refractivity contribution in [2.24, 2.45) is 5.41 Å². The number of likely N-dealkylation sites (tertiary alicyclic amines) is 1. The van der Waals surface area contributed by atoms with Crippen molar-refractivity contribution in [1.82, 2.24) is 49.7 Å². The van der Waals surface area contributed by atoms with Crippen LogP contribution >= 0.6 is 11.3 Å². The zero-order valence-corrected chi connectivity index (χ0v) is 43.6. The van der Waals surface area contributed by atoms with E-state index in [1.54, 1.807) is 54.1 Å². The van der Waals surface area contributed by atoms with Gasteiger partial charge >= 0.3 is 0 Å². The molecule has 21 heteroatoms. The Labute approximate surface area is 434 Å². The first-order chi connectivity index (χ1) is 35.4. The van der Waals surface area contributed by atoms with Gasteiger partial charge < -0.3 is 45.4 Å². The van der Waals surface area contributed by atoms with Crippen molar-refractivity contribution in [3.8, 4) is 16.3 Å². The SMILES string of the molecule is C=CCn1c(=O)c2cnc(Nc3ccc(N4CCN(CCOCOCC(=O)N[C@H](C(=O)N5CC(O)CC5C(=O)NCc5ccc(-c6scnc6C)cc5)C(C)(C)C)CC4)cc3)nc2n1-c1cccc(C(C)(C)O)n1. The van der Waals surface area contributed by atoms with Crippen LogP contribution in [0.2, 0.25) is 0 Å². The van der Waals surface area contributed by atoms with Crippen molar-refractivity contribution in [3.63, 3.8) is 0 Å². The number of hydrogen-bond donors (Lipinski definition) is 5. The van der Waals surface area contributed by atoms with Crippen molar-refractivity contribution < 1.29 is 34.1 Å². The molecule has 6 heterocycles. The summed E-state index contributed by atoms with van der Waals surface area (Å²) in [6.45, 7) is 18.9. The number of nitrogens with zero attached hydrogens (tertiary/aromatic N) is 9. The maximum absolute atomic E-state index is 14.0. The summed E-state index contributed by atoms with van der Waals surface area (Å²) >= 11 is 1.57. The largest absolute Gasteiger partial charge is 0.391 e. The van der Waals surface area contributed by atoms with Crippen LogP contribution in [-0.4, -0.2) is 144 Å². The molecule has 4 aromatic heterocycles. The smallest absolute Gasteiger partial charge is 0.278 e. The number of amides is 3. The van der Waals surface area contributed by atoms with E-state index in [9.17, 15) is 29.4 Å². The molecule has 6 aromatic rings. The summed E-state index contributed by atoms with van der Waals surface area (Å²) in [5.74, 6) is -0.602. The number of ether oxygens (including phenoxy) is 2. The number of benzene rings is 2. The number of carbonyl (C=O) groups is 3. The number of β-amino-alcohol motifs (C(OH)–C–C–N with tert-alkyl or cyclic N) is 1. The molecule has 2 aliphatic heterocycles. The highest BCUT2D eigenvalue weighted by Crippen LogP contribution is 2.29. The van der Waals surface area contributed by atoms with Gasteiger partial charge in [0.05, 0.1) is 41.0 Å². The summed E-state index contributed by atoms with van der Waals surface area (Å²) in [6.07, 6.45) is 2.33. The number of rotatable bonds is 20. The number of pyridine rings is 1. The normalized spacial score (nSPS) is 16.9. The molecule has 20 nitrogen and oxygen atoms in total. The number of thiazole rings is 1. The second-order valence-electron chi connectivity index (χ2n) is 20.2. The molecule has 3 atom stereocenters. The first kappa shape index (κ1) is 53.4. The van der Waals surface area contributed by atoms with Crippen LogP contribution in [-0.2, 0) is 42.5 Å². The van der Waals surface area contributed by atoms with E-state index in [4.69, 9.17) is 14.5 Å². The number of aryl methyl sites for hydroxylation is 1. The van der Waals surface area contributed by atoms with Gasteiger partial charge in [0.1, 0.15) is 36.5 Å². The fraction of sp³-hybridized carbons (Fsp3) is 0.434. The fourth-order valence-corrected chi connectivity index (χ4v) is 9.85. The Bertz CT molecular complexity index is 2990. The Morgan fingerprint density at radius 3 is 2.38 bits per heavy atom. The number of hydrogen-bond acceptors (Lipinski definition) is 16. The zero-order chi connectivity index (χ0) is 52.7. The van der Waals surface area contributed by atoms with E-state index in [2.05, 4.69) is 47.3 Å². The number of allylic oxidation sites excluding steroid dienone is 1.